The molecule has 22 heavy (non-hydrogen) atoms. The SMILES string of the molecule is COc1ccc(C)cc1NC(=S)NCc1ccc(F)c(Br)c1. The van der Waals surface area contributed by atoms with Gasteiger partial charge < -0.3 is 15.4 Å². The molecule has 0 heterocycles. The lowest BCUT2D eigenvalue weighted by molar-refractivity contribution is 0.417. The third-order valence-electron chi connectivity index (χ3n) is 3.04. The Hall–Kier alpha value is -1.66. The molecule has 0 aliphatic rings. The molecule has 2 N–H and O–H groups in total. The highest BCUT2D eigenvalue weighted by atomic mass is 79.9. The van der Waals surface area contributed by atoms with E-state index in [1.54, 1.807) is 19.2 Å². The number of methoxy groups -OCH3 is 1. The Balaban J connectivity index is 1.98. The van der Waals surface area contributed by atoms with Crippen LogP contribution in [0.15, 0.2) is 40.9 Å². The molecule has 0 unspecified atom stereocenters. The fourth-order valence-electron chi connectivity index (χ4n) is 1.92. The highest BCUT2D eigenvalue weighted by molar-refractivity contribution is 9.10. The molecule has 2 rings (SSSR count). The van der Waals surface area contributed by atoms with Crippen molar-refractivity contribution in [3.8, 4) is 5.75 Å². The van der Waals surface area contributed by atoms with Crippen molar-refractivity contribution in [3.05, 3.63) is 57.8 Å². The summed E-state index contributed by atoms with van der Waals surface area (Å²) in [6.07, 6.45) is 0. The molecule has 0 radical (unpaired) electrons. The first-order chi connectivity index (χ1) is 10.5. The van der Waals surface area contributed by atoms with Crippen LogP contribution >= 0.6 is 28.1 Å². The van der Waals surface area contributed by atoms with Gasteiger partial charge in [-0.15, -0.1) is 0 Å². The Morgan fingerprint density at radius 1 is 1.27 bits per heavy atom. The van der Waals surface area contributed by atoms with E-state index in [0.29, 0.717) is 16.1 Å². The molecule has 3 nitrogen and oxygen atoms in total. The van der Waals surface area contributed by atoms with Crippen molar-refractivity contribution >= 4 is 38.9 Å². The van der Waals surface area contributed by atoms with Crippen LogP contribution in [0.2, 0.25) is 0 Å². The van der Waals surface area contributed by atoms with Crippen LogP contribution in [0.1, 0.15) is 11.1 Å². The fourth-order valence-corrected chi connectivity index (χ4v) is 2.53. The molecule has 0 saturated heterocycles. The van der Waals surface area contributed by atoms with Gasteiger partial charge in [-0.25, -0.2) is 4.39 Å². The smallest absolute Gasteiger partial charge is 0.171 e. The van der Waals surface area contributed by atoms with Gasteiger partial charge in [0.05, 0.1) is 17.3 Å². The second-order valence-corrected chi connectivity index (χ2v) is 6.02. The molecule has 0 atom stereocenters. The molecule has 0 aliphatic heterocycles. The van der Waals surface area contributed by atoms with E-state index in [0.717, 1.165) is 22.6 Å². The minimum absolute atomic E-state index is 0.283. The molecule has 2 aromatic rings. The van der Waals surface area contributed by atoms with E-state index in [1.165, 1.54) is 6.07 Å². The van der Waals surface area contributed by atoms with E-state index in [4.69, 9.17) is 17.0 Å². The molecule has 0 amide bonds. The molecule has 0 fully saturated rings. The molecule has 0 aliphatic carbocycles. The molecule has 2 aromatic carbocycles. The Bertz CT molecular complexity index is 694. The molecule has 0 aromatic heterocycles. The first-order valence-electron chi connectivity index (χ1n) is 6.63. The van der Waals surface area contributed by atoms with Crippen LogP contribution in [0.3, 0.4) is 0 Å². The van der Waals surface area contributed by atoms with E-state index >= 15 is 0 Å². The maximum atomic E-state index is 13.2. The zero-order valence-corrected chi connectivity index (χ0v) is 14.6. The van der Waals surface area contributed by atoms with Gasteiger partial charge in [-0.1, -0.05) is 12.1 Å². The van der Waals surface area contributed by atoms with Crippen molar-refractivity contribution < 1.29 is 9.13 Å². The monoisotopic (exact) mass is 382 g/mol. The summed E-state index contributed by atoms with van der Waals surface area (Å²) in [4.78, 5) is 0. The molecule has 0 bridgehead atoms. The molecular weight excluding hydrogens is 367 g/mol. The summed E-state index contributed by atoms with van der Waals surface area (Å²) >= 11 is 8.45. The van der Waals surface area contributed by atoms with Gasteiger partial charge in [0, 0.05) is 6.54 Å². The van der Waals surface area contributed by atoms with Crippen LogP contribution in [0.5, 0.6) is 5.75 Å². The number of aryl methyl sites for hydroxylation is 1. The lowest BCUT2D eigenvalue weighted by Gasteiger charge is -2.14. The number of halogens is 2. The summed E-state index contributed by atoms with van der Waals surface area (Å²) in [5, 5.41) is 6.67. The summed E-state index contributed by atoms with van der Waals surface area (Å²) in [5.41, 5.74) is 2.84. The first-order valence-corrected chi connectivity index (χ1v) is 7.83. The van der Waals surface area contributed by atoms with Crippen molar-refractivity contribution in [1.82, 2.24) is 5.32 Å². The zero-order chi connectivity index (χ0) is 16.1. The van der Waals surface area contributed by atoms with Gasteiger partial charge in [0.15, 0.2) is 5.11 Å². The Labute approximate surface area is 143 Å². The summed E-state index contributed by atoms with van der Waals surface area (Å²) in [5.74, 6) is 0.438. The van der Waals surface area contributed by atoms with Crippen LogP contribution in [-0.4, -0.2) is 12.2 Å². The van der Waals surface area contributed by atoms with E-state index in [-0.39, 0.29) is 5.82 Å². The van der Waals surface area contributed by atoms with Crippen LogP contribution in [-0.2, 0) is 6.54 Å². The zero-order valence-electron chi connectivity index (χ0n) is 12.2. The van der Waals surface area contributed by atoms with Crippen molar-refractivity contribution in [3.63, 3.8) is 0 Å². The van der Waals surface area contributed by atoms with Crippen molar-refractivity contribution in [2.45, 2.75) is 13.5 Å². The van der Waals surface area contributed by atoms with Crippen LogP contribution in [0.25, 0.3) is 0 Å². The molecule has 0 spiro atoms. The van der Waals surface area contributed by atoms with Gasteiger partial charge in [0.2, 0.25) is 0 Å². The number of hydrogen-bond acceptors (Lipinski definition) is 2. The highest BCUT2D eigenvalue weighted by Gasteiger charge is 2.06. The summed E-state index contributed by atoms with van der Waals surface area (Å²) < 4.78 is 18.9. The van der Waals surface area contributed by atoms with Crippen LogP contribution in [0, 0.1) is 12.7 Å². The Morgan fingerprint density at radius 2 is 2.05 bits per heavy atom. The second kappa shape index (κ2) is 7.56. The number of anilines is 1. The van der Waals surface area contributed by atoms with E-state index < -0.39 is 0 Å². The third-order valence-corrected chi connectivity index (χ3v) is 3.89. The Kier molecular flexibility index (Phi) is 5.74. The molecule has 116 valence electrons. The van der Waals surface area contributed by atoms with Gasteiger partial charge >= 0.3 is 0 Å². The topological polar surface area (TPSA) is 33.3 Å². The average Bonchev–Trinajstić information content (AvgIpc) is 2.49. The number of nitrogens with one attached hydrogen (secondary N) is 2. The lowest BCUT2D eigenvalue weighted by atomic mass is 10.2. The van der Waals surface area contributed by atoms with Gasteiger partial charge in [0.1, 0.15) is 11.6 Å². The molecule has 0 saturated carbocycles. The summed E-state index contributed by atoms with van der Waals surface area (Å²) in [6.45, 7) is 2.50. The number of ether oxygens (including phenoxy) is 1. The van der Waals surface area contributed by atoms with Gasteiger partial charge in [0.25, 0.3) is 0 Å². The summed E-state index contributed by atoms with van der Waals surface area (Å²) in [6, 6.07) is 10.7. The predicted octanol–water partition coefficient (Wildman–Crippen LogP) is 4.39. The van der Waals surface area contributed by atoms with Gasteiger partial charge in [-0.05, 0) is 70.5 Å². The lowest BCUT2D eigenvalue weighted by Crippen LogP contribution is -2.28. The standard InChI is InChI=1S/C16H16BrFN2OS/c1-10-3-6-15(21-2)14(7-10)20-16(22)19-9-11-4-5-13(18)12(17)8-11/h3-8H,9H2,1-2H3,(H2,19,20,22). The van der Waals surface area contributed by atoms with E-state index in [9.17, 15) is 4.39 Å². The average molecular weight is 383 g/mol. The van der Waals surface area contributed by atoms with Gasteiger partial charge in [-0.2, -0.15) is 0 Å². The number of benzene rings is 2. The maximum Gasteiger partial charge on any atom is 0.171 e. The molecular formula is C16H16BrFN2OS. The Morgan fingerprint density at radius 3 is 2.73 bits per heavy atom. The fraction of sp³-hybridized carbons (Fsp3) is 0.188. The first kappa shape index (κ1) is 16.7. The number of thiocarbonyl (C=S) groups is 1. The second-order valence-electron chi connectivity index (χ2n) is 4.76. The number of rotatable bonds is 4. The summed E-state index contributed by atoms with van der Waals surface area (Å²) in [7, 11) is 1.61. The van der Waals surface area contributed by atoms with Gasteiger partial charge in [-0.3, -0.25) is 0 Å². The van der Waals surface area contributed by atoms with E-state index in [2.05, 4.69) is 26.6 Å². The quantitative estimate of drug-likeness (QED) is 0.768. The van der Waals surface area contributed by atoms with E-state index in [1.807, 2.05) is 25.1 Å². The number of hydrogen-bond donors (Lipinski definition) is 2. The van der Waals surface area contributed by atoms with Crippen LogP contribution in [0.4, 0.5) is 10.1 Å². The largest absolute Gasteiger partial charge is 0.495 e. The highest BCUT2D eigenvalue weighted by Crippen LogP contribution is 2.25. The maximum absolute atomic E-state index is 13.2. The minimum Gasteiger partial charge on any atom is -0.495 e. The predicted molar refractivity (Wildman–Crippen MR) is 94.9 cm³/mol. The van der Waals surface area contributed by atoms with Crippen molar-refractivity contribution in [2.24, 2.45) is 0 Å². The minimum atomic E-state index is -0.283. The molecule has 6 heteroatoms. The third kappa shape index (κ3) is 4.42. The van der Waals surface area contributed by atoms with Crippen molar-refractivity contribution in [2.75, 3.05) is 12.4 Å². The van der Waals surface area contributed by atoms with Crippen LogP contribution < -0.4 is 15.4 Å². The van der Waals surface area contributed by atoms with Crippen molar-refractivity contribution in [1.29, 1.82) is 0 Å². The normalized spacial score (nSPS) is 10.2.